The summed E-state index contributed by atoms with van der Waals surface area (Å²) in [4.78, 5) is 0. The van der Waals surface area contributed by atoms with Gasteiger partial charge in [-0.25, -0.2) is 0 Å². The van der Waals surface area contributed by atoms with Crippen LogP contribution < -0.4 is 0 Å². The van der Waals surface area contributed by atoms with Crippen molar-refractivity contribution in [2.75, 3.05) is 6.61 Å². The Morgan fingerprint density at radius 1 is 1.00 bits per heavy atom. The minimum absolute atomic E-state index is 0.790. The van der Waals surface area contributed by atoms with Crippen molar-refractivity contribution >= 4 is 9.04 Å². The molecule has 1 rings (SSSR count). The Bertz CT molecular complexity index is 166. The first-order chi connectivity index (χ1) is 8.34. The summed E-state index contributed by atoms with van der Waals surface area (Å²) >= 11 is 0. The van der Waals surface area contributed by atoms with Gasteiger partial charge >= 0.3 is 0 Å². The minimum atomic E-state index is -0.790. The van der Waals surface area contributed by atoms with E-state index in [1.54, 1.807) is 0 Å². The zero-order chi connectivity index (χ0) is 12.3. The fourth-order valence-electron chi connectivity index (χ4n) is 2.82. The molecule has 1 aliphatic rings. The Morgan fingerprint density at radius 3 is 2.35 bits per heavy atom. The minimum Gasteiger partial charge on any atom is -0.420 e. The van der Waals surface area contributed by atoms with E-state index in [4.69, 9.17) is 4.43 Å². The van der Waals surface area contributed by atoms with Gasteiger partial charge < -0.3 is 4.43 Å². The van der Waals surface area contributed by atoms with Crippen molar-refractivity contribution in [1.29, 1.82) is 0 Å². The monoisotopic (exact) mass is 256 g/mol. The van der Waals surface area contributed by atoms with E-state index in [-0.39, 0.29) is 0 Å². The van der Waals surface area contributed by atoms with E-state index >= 15 is 0 Å². The van der Waals surface area contributed by atoms with E-state index in [0.29, 0.717) is 0 Å². The van der Waals surface area contributed by atoms with Gasteiger partial charge in [-0.2, -0.15) is 0 Å². The van der Waals surface area contributed by atoms with Crippen LogP contribution in [0.1, 0.15) is 78.1 Å². The van der Waals surface area contributed by atoms with E-state index in [9.17, 15) is 0 Å². The fraction of sp³-hybridized carbons (Fsp3) is 1.00. The zero-order valence-electron chi connectivity index (χ0n) is 12.0. The van der Waals surface area contributed by atoms with Gasteiger partial charge in [0.25, 0.3) is 0 Å². The lowest BCUT2D eigenvalue weighted by Crippen LogP contribution is -2.27. The molecule has 2 atom stereocenters. The molecule has 1 fully saturated rings. The molecule has 1 saturated heterocycles. The molecular weight excluding hydrogens is 224 g/mol. The van der Waals surface area contributed by atoms with Gasteiger partial charge in [0.05, 0.1) is 0 Å². The summed E-state index contributed by atoms with van der Waals surface area (Å²) in [5, 5.41) is 0. The molecule has 0 saturated carbocycles. The first kappa shape index (κ1) is 15.2. The molecule has 0 aliphatic carbocycles. The summed E-state index contributed by atoms with van der Waals surface area (Å²) in [5.74, 6) is 0. The van der Waals surface area contributed by atoms with Crippen molar-refractivity contribution in [2.24, 2.45) is 0 Å². The lowest BCUT2D eigenvalue weighted by atomic mass is 10.1. The molecule has 1 heterocycles. The van der Waals surface area contributed by atoms with Crippen LogP contribution in [0.25, 0.3) is 0 Å². The van der Waals surface area contributed by atoms with Crippen LogP contribution in [0, 0.1) is 0 Å². The first-order valence-corrected chi connectivity index (χ1v) is 9.91. The molecule has 1 aliphatic heterocycles. The second kappa shape index (κ2) is 10.1. The topological polar surface area (TPSA) is 9.23 Å². The van der Waals surface area contributed by atoms with Crippen LogP contribution in [0.2, 0.25) is 11.6 Å². The molecule has 0 spiro atoms. The summed E-state index contributed by atoms with van der Waals surface area (Å²) in [7, 11) is -0.790. The number of hydrogen-bond acceptors (Lipinski definition) is 1. The SMILES string of the molecule is CCCCCCCCCC(C)[SiH]1CCCCO1. The molecule has 0 aromatic carbocycles. The molecule has 1 nitrogen and oxygen atoms in total. The second-order valence-corrected chi connectivity index (χ2v) is 8.92. The summed E-state index contributed by atoms with van der Waals surface area (Å²) in [6, 6.07) is 1.44. The van der Waals surface area contributed by atoms with Crippen LogP contribution in [0.15, 0.2) is 0 Å². The van der Waals surface area contributed by atoms with E-state index in [1.165, 1.54) is 70.3 Å². The van der Waals surface area contributed by atoms with Gasteiger partial charge in [0.1, 0.15) is 0 Å². The normalized spacial score (nSPS) is 22.6. The van der Waals surface area contributed by atoms with Gasteiger partial charge in [0.2, 0.25) is 0 Å². The highest BCUT2D eigenvalue weighted by Gasteiger charge is 2.22. The molecule has 0 N–H and O–H groups in total. The van der Waals surface area contributed by atoms with Gasteiger partial charge in [0.15, 0.2) is 9.04 Å². The summed E-state index contributed by atoms with van der Waals surface area (Å²) in [6.07, 6.45) is 14.2. The van der Waals surface area contributed by atoms with Crippen LogP contribution >= 0.6 is 0 Å². The maximum Gasteiger partial charge on any atom is 0.179 e. The lowest BCUT2D eigenvalue weighted by molar-refractivity contribution is 0.278. The van der Waals surface area contributed by atoms with Crippen molar-refractivity contribution in [1.82, 2.24) is 0 Å². The average Bonchev–Trinajstić information content (AvgIpc) is 2.38. The van der Waals surface area contributed by atoms with E-state index in [0.717, 1.165) is 12.1 Å². The third-order valence-corrected chi connectivity index (χ3v) is 7.36. The van der Waals surface area contributed by atoms with E-state index < -0.39 is 9.04 Å². The van der Waals surface area contributed by atoms with Crippen molar-refractivity contribution in [3.05, 3.63) is 0 Å². The van der Waals surface area contributed by atoms with Crippen LogP contribution in [-0.2, 0) is 4.43 Å². The van der Waals surface area contributed by atoms with Crippen molar-refractivity contribution in [3.63, 3.8) is 0 Å². The third-order valence-electron chi connectivity index (χ3n) is 4.11. The lowest BCUT2D eigenvalue weighted by Gasteiger charge is -2.26. The highest BCUT2D eigenvalue weighted by Crippen LogP contribution is 2.26. The second-order valence-electron chi connectivity index (χ2n) is 5.79. The molecule has 0 aromatic heterocycles. The number of rotatable bonds is 9. The van der Waals surface area contributed by atoms with Crippen LogP contribution in [-0.4, -0.2) is 15.6 Å². The maximum atomic E-state index is 5.99. The largest absolute Gasteiger partial charge is 0.420 e. The zero-order valence-corrected chi connectivity index (χ0v) is 13.2. The fourth-order valence-corrected chi connectivity index (χ4v) is 5.66. The Hall–Kier alpha value is 0.177. The van der Waals surface area contributed by atoms with Crippen molar-refractivity contribution in [2.45, 2.75) is 89.6 Å². The molecule has 0 radical (unpaired) electrons. The average molecular weight is 257 g/mol. The van der Waals surface area contributed by atoms with Crippen LogP contribution in [0.5, 0.6) is 0 Å². The van der Waals surface area contributed by atoms with Crippen LogP contribution in [0.4, 0.5) is 0 Å². The molecule has 17 heavy (non-hydrogen) atoms. The Morgan fingerprint density at radius 2 is 1.71 bits per heavy atom. The maximum absolute atomic E-state index is 5.99. The Kier molecular flexibility index (Phi) is 9.08. The summed E-state index contributed by atoms with van der Waals surface area (Å²) in [6.45, 7) is 5.80. The van der Waals surface area contributed by atoms with Gasteiger partial charge in [-0.05, 0) is 18.0 Å². The molecule has 102 valence electrons. The van der Waals surface area contributed by atoms with E-state index in [2.05, 4.69) is 13.8 Å². The molecule has 0 aromatic rings. The first-order valence-electron chi connectivity index (χ1n) is 7.96. The highest BCUT2D eigenvalue weighted by molar-refractivity contribution is 6.53. The molecule has 2 unspecified atom stereocenters. The van der Waals surface area contributed by atoms with Gasteiger partial charge in [-0.1, -0.05) is 71.6 Å². The number of hydrogen-bond donors (Lipinski definition) is 0. The smallest absolute Gasteiger partial charge is 0.179 e. The highest BCUT2D eigenvalue weighted by atomic mass is 28.3. The van der Waals surface area contributed by atoms with Gasteiger partial charge in [0, 0.05) is 6.61 Å². The Balaban J connectivity index is 1.90. The summed E-state index contributed by atoms with van der Waals surface area (Å²) in [5.41, 5.74) is 0.922. The number of unbranched alkanes of at least 4 members (excludes halogenated alkanes) is 6. The standard InChI is InChI=1S/C15H32OSi/c1-3-4-5-6-7-8-9-12-15(2)17-14-11-10-13-16-17/h15,17H,3-14H2,1-2H3. The molecule has 0 bridgehead atoms. The summed E-state index contributed by atoms with van der Waals surface area (Å²) < 4.78 is 5.99. The third kappa shape index (κ3) is 7.25. The quantitative estimate of drug-likeness (QED) is 0.414. The Labute approximate surface area is 110 Å². The van der Waals surface area contributed by atoms with Crippen molar-refractivity contribution in [3.8, 4) is 0 Å². The van der Waals surface area contributed by atoms with Gasteiger partial charge in [-0.3, -0.25) is 0 Å². The molecular formula is C15H32OSi. The molecule has 0 amide bonds. The van der Waals surface area contributed by atoms with Crippen molar-refractivity contribution < 1.29 is 4.43 Å². The van der Waals surface area contributed by atoms with Gasteiger partial charge in [-0.15, -0.1) is 0 Å². The van der Waals surface area contributed by atoms with Crippen LogP contribution in [0.3, 0.4) is 0 Å². The van der Waals surface area contributed by atoms with E-state index in [1.807, 2.05) is 0 Å². The molecule has 2 heteroatoms. The predicted octanol–water partition coefficient (Wildman–Crippen LogP) is 5.05. The predicted molar refractivity (Wildman–Crippen MR) is 79.2 cm³/mol.